The van der Waals surface area contributed by atoms with Gasteiger partial charge in [-0.1, -0.05) is 6.07 Å². The van der Waals surface area contributed by atoms with Gasteiger partial charge in [0, 0.05) is 6.42 Å². The van der Waals surface area contributed by atoms with Gasteiger partial charge in [0.25, 0.3) is 0 Å². The second-order valence-electron chi connectivity index (χ2n) is 6.66. The van der Waals surface area contributed by atoms with Crippen molar-refractivity contribution in [3.63, 3.8) is 0 Å². The van der Waals surface area contributed by atoms with Gasteiger partial charge in [0.05, 0.1) is 47.5 Å². The Morgan fingerprint density at radius 1 is 0.786 bits per heavy atom. The maximum atomic E-state index is 5.78. The molecule has 1 aliphatic rings. The summed E-state index contributed by atoms with van der Waals surface area (Å²) in [5.74, 6) is 3.45. The van der Waals surface area contributed by atoms with Crippen molar-refractivity contribution < 1.29 is 28.3 Å². The Morgan fingerprint density at radius 3 is 2.07 bits per heavy atom. The van der Waals surface area contributed by atoms with E-state index in [1.807, 2.05) is 12.1 Å². The Hall–Kier alpha value is -2.89. The van der Waals surface area contributed by atoms with Crippen molar-refractivity contribution in [1.82, 2.24) is 0 Å². The first-order valence-electron chi connectivity index (χ1n) is 9.17. The molecule has 2 aromatic carbocycles. The fraction of sp³-hybridized carbons (Fsp3) is 0.409. The molecular formula is C22H28NO5+. The van der Waals surface area contributed by atoms with Crippen molar-refractivity contribution in [2.75, 3.05) is 49.1 Å². The molecule has 0 N–H and O–H groups in total. The maximum Gasteiger partial charge on any atom is 0.204 e. The number of methoxy groups -OCH3 is 5. The number of rotatable bonds is 7. The van der Waals surface area contributed by atoms with E-state index < -0.39 is 0 Å². The summed E-state index contributed by atoms with van der Waals surface area (Å²) in [7, 11) is 10.3. The molecule has 2 aromatic rings. The van der Waals surface area contributed by atoms with Crippen molar-refractivity contribution in [3.8, 4) is 28.7 Å². The van der Waals surface area contributed by atoms with E-state index in [0.29, 0.717) is 17.2 Å². The molecule has 0 amide bonds. The quantitative estimate of drug-likeness (QED) is 0.685. The molecule has 3 rings (SSSR count). The van der Waals surface area contributed by atoms with E-state index in [9.17, 15) is 0 Å². The molecule has 6 nitrogen and oxygen atoms in total. The van der Waals surface area contributed by atoms with Gasteiger partial charge in [0.1, 0.15) is 13.6 Å². The van der Waals surface area contributed by atoms with Gasteiger partial charge < -0.3 is 23.7 Å². The first-order chi connectivity index (χ1) is 13.6. The fourth-order valence-corrected chi connectivity index (χ4v) is 3.74. The molecule has 28 heavy (non-hydrogen) atoms. The second-order valence-corrected chi connectivity index (χ2v) is 6.66. The van der Waals surface area contributed by atoms with Crippen LogP contribution in [0, 0.1) is 0 Å². The molecule has 0 radical (unpaired) electrons. The Morgan fingerprint density at radius 2 is 1.46 bits per heavy atom. The van der Waals surface area contributed by atoms with Crippen LogP contribution < -0.4 is 23.7 Å². The Bertz CT molecular complexity index is 904. The molecule has 0 spiro atoms. The van der Waals surface area contributed by atoms with Crippen LogP contribution in [0.1, 0.15) is 16.7 Å². The molecule has 0 unspecified atom stereocenters. The zero-order valence-electron chi connectivity index (χ0n) is 17.4. The molecule has 0 fully saturated rings. The summed E-state index contributed by atoms with van der Waals surface area (Å²) in [4.78, 5) is 0. The predicted molar refractivity (Wildman–Crippen MR) is 108 cm³/mol. The fourth-order valence-electron chi connectivity index (χ4n) is 3.74. The van der Waals surface area contributed by atoms with Gasteiger partial charge in [-0.15, -0.1) is 0 Å². The third-order valence-corrected chi connectivity index (χ3v) is 5.20. The maximum absolute atomic E-state index is 5.78. The van der Waals surface area contributed by atoms with Gasteiger partial charge >= 0.3 is 0 Å². The van der Waals surface area contributed by atoms with Crippen LogP contribution in [0.2, 0.25) is 0 Å². The Labute approximate surface area is 166 Å². The van der Waals surface area contributed by atoms with E-state index in [1.165, 1.54) is 11.3 Å². The highest BCUT2D eigenvalue weighted by molar-refractivity contribution is 6.03. The van der Waals surface area contributed by atoms with Crippen molar-refractivity contribution >= 4 is 5.71 Å². The van der Waals surface area contributed by atoms with Gasteiger partial charge in [-0.3, -0.25) is 0 Å². The molecule has 0 aromatic heterocycles. The SMILES string of the molecule is COc1ccc(CC2=[N+](C)CCc3cc(OC)c(OC)c(OC)c32)cc1OC. The highest BCUT2D eigenvalue weighted by Crippen LogP contribution is 2.43. The number of likely N-dealkylation sites (N-methyl/N-ethyl adjacent to an activating group) is 1. The van der Waals surface area contributed by atoms with Gasteiger partial charge in [-0.05, 0) is 29.3 Å². The number of hydrogen-bond acceptors (Lipinski definition) is 5. The zero-order valence-corrected chi connectivity index (χ0v) is 17.4. The summed E-state index contributed by atoms with van der Waals surface area (Å²) in [5.41, 5.74) is 4.57. The molecule has 0 aliphatic carbocycles. The molecule has 150 valence electrons. The predicted octanol–water partition coefficient (Wildman–Crippen LogP) is 2.96. The third-order valence-electron chi connectivity index (χ3n) is 5.20. The minimum absolute atomic E-state index is 0.615. The summed E-state index contributed by atoms with van der Waals surface area (Å²) >= 11 is 0. The molecule has 0 saturated heterocycles. The average Bonchev–Trinajstić information content (AvgIpc) is 2.73. The van der Waals surface area contributed by atoms with Crippen molar-refractivity contribution in [2.45, 2.75) is 12.8 Å². The summed E-state index contributed by atoms with van der Waals surface area (Å²) < 4.78 is 30.0. The second kappa shape index (κ2) is 8.42. The van der Waals surface area contributed by atoms with Crippen LogP contribution >= 0.6 is 0 Å². The lowest BCUT2D eigenvalue weighted by atomic mass is 9.91. The third kappa shape index (κ3) is 3.46. The largest absolute Gasteiger partial charge is 0.493 e. The van der Waals surface area contributed by atoms with Crippen molar-refractivity contribution in [1.29, 1.82) is 0 Å². The van der Waals surface area contributed by atoms with Crippen LogP contribution in [0.3, 0.4) is 0 Å². The molecule has 6 heteroatoms. The summed E-state index contributed by atoms with van der Waals surface area (Å²) in [6.45, 7) is 0.925. The molecule has 1 aliphatic heterocycles. The van der Waals surface area contributed by atoms with E-state index in [2.05, 4.69) is 23.8 Å². The van der Waals surface area contributed by atoms with E-state index in [-0.39, 0.29) is 0 Å². The minimum atomic E-state index is 0.615. The lowest BCUT2D eigenvalue weighted by Crippen LogP contribution is -2.29. The number of benzene rings is 2. The van der Waals surface area contributed by atoms with Gasteiger partial charge in [0.15, 0.2) is 28.7 Å². The Kier molecular flexibility index (Phi) is 5.97. The van der Waals surface area contributed by atoms with Gasteiger partial charge in [-0.2, -0.15) is 0 Å². The lowest BCUT2D eigenvalue weighted by molar-refractivity contribution is -0.498. The zero-order chi connectivity index (χ0) is 20.3. The average molecular weight is 386 g/mol. The van der Waals surface area contributed by atoms with Crippen molar-refractivity contribution in [2.24, 2.45) is 0 Å². The molecule has 0 bridgehead atoms. The van der Waals surface area contributed by atoms with Gasteiger partial charge in [0.2, 0.25) is 5.75 Å². The van der Waals surface area contributed by atoms with E-state index in [4.69, 9.17) is 23.7 Å². The summed E-state index contributed by atoms with van der Waals surface area (Å²) in [6.07, 6.45) is 1.65. The normalized spacial score (nSPS) is 13.1. The number of ether oxygens (including phenoxy) is 5. The van der Waals surface area contributed by atoms with Gasteiger partial charge in [-0.25, -0.2) is 4.58 Å². The number of nitrogens with zero attached hydrogens (tertiary/aromatic N) is 1. The molecule has 0 atom stereocenters. The van der Waals surface area contributed by atoms with E-state index >= 15 is 0 Å². The standard InChI is InChI=1S/C22H28NO5/c1-23-10-9-15-13-19(26-4)21(27-5)22(28-6)20(15)16(23)11-14-7-8-17(24-2)18(12-14)25-3/h7-8,12-13H,9-11H2,1-6H3/q+1. The summed E-state index contributed by atoms with van der Waals surface area (Å²) in [6, 6.07) is 8.06. The Balaban J connectivity index is 2.11. The topological polar surface area (TPSA) is 49.2 Å². The number of fused-ring (bicyclic) bond motifs is 1. The van der Waals surface area contributed by atoms with Crippen LogP contribution in [0.4, 0.5) is 0 Å². The van der Waals surface area contributed by atoms with Crippen LogP contribution in [-0.4, -0.2) is 59.4 Å². The minimum Gasteiger partial charge on any atom is -0.493 e. The molecule has 1 heterocycles. The van der Waals surface area contributed by atoms with Crippen LogP contribution in [-0.2, 0) is 12.8 Å². The van der Waals surface area contributed by atoms with E-state index in [1.54, 1.807) is 35.5 Å². The first-order valence-corrected chi connectivity index (χ1v) is 9.17. The van der Waals surface area contributed by atoms with Crippen LogP contribution in [0.15, 0.2) is 24.3 Å². The molecular weight excluding hydrogens is 358 g/mol. The molecule has 0 saturated carbocycles. The van der Waals surface area contributed by atoms with E-state index in [0.717, 1.165) is 42.0 Å². The number of hydrogen-bond donors (Lipinski definition) is 0. The highest BCUT2D eigenvalue weighted by atomic mass is 16.5. The van der Waals surface area contributed by atoms with Crippen molar-refractivity contribution in [3.05, 3.63) is 41.0 Å². The van der Waals surface area contributed by atoms with Crippen LogP contribution in [0.5, 0.6) is 28.7 Å². The smallest absolute Gasteiger partial charge is 0.204 e. The first kappa shape index (κ1) is 19.9. The highest BCUT2D eigenvalue weighted by Gasteiger charge is 2.31. The summed E-state index contributed by atoms with van der Waals surface area (Å²) in [5, 5.41) is 0. The monoisotopic (exact) mass is 386 g/mol. The van der Waals surface area contributed by atoms with Crippen LogP contribution in [0.25, 0.3) is 0 Å². The lowest BCUT2D eigenvalue weighted by Gasteiger charge is -2.23.